The lowest BCUT2D eigenvalue weighted by atomic mass is 10.2. The Morgan fingerprint density at radius 2 is 2.18 bits per heavy atom. The van der Waals surface area contributed by atoms with Crippen LogP contribution in [0.2, 0.25) is 0 Å². The fraction of sp³-hybridized carbons (Fsp3) is 0.500. The van der Waals surface area contributed by atoms with Crippen LogP contribution >= 0.6 is 11.3 Å². The normalized spacial score (nSPS) is 12.5. The number of ether oxygens (including phenoxy) is 1. The van der Waals surface area contributed by atoms with Gasteiger partial charge in [-0.3, -0.25) is 0 Å². The van der Waals surface area contributed by atoms with Gasteiger partial charge in [-0.05, 0) is 19.1 Å². The number of nitrogens with zero attached hydrogens (tertiary/aromatic N) is 2. The zero-order valence-corrected chi connectivity index (χ0v) is 13.2. The second kappa shape index (κ2) is 7.59. The number of fused-ring (bicyclic) bond motifs is 1. The van der Waals surface area contributed by atoms with Gasteiger partial charge < -0.3 is 30.7 Å². The topological polar surface area (TPSA) is 112 Å². The zero-order chi connectivity index (χ0) is 16.1. The molecular formula is C14H21N3O4S. The second-order valence-corrected chi connectivity index (χ2v) is 5.74. The monoisotopic (exact) mass is 327 g/mol. The lowest BCUT2D eigenvalue weighted by Crippen LogP contribution is -2.34. The molecule has 7 nitrogen and oxygen atoms in total. The highest BCUT2D eigenvalue weighted by atomic mass is 32.1. The highest BCUT2D eigenvalue weighted by molar-refractivity contribution is 7.21. The number of likely N-dealkylation sites (N-methyl/N-ethyl adjacent to an activating group) is 1. The standard InChI is InChI=1S/C14H21N3O4S/c1-2-17(7-9(20)8-19)11-4-3-10(15)13-12(11)16-14(22-13)21-6-5-18/h3-4,9,18-20H,2,5-8,15H2,1H3. The molecule has 0 aliphatic rings. The molecule has 0 saturated heterocycles. The van der Waals surface area contributed by atoms with Gasteiger partial charge in [0.25, 0.3) is 5.19 Å². The number of hydrogen-bond donors (Lipinski definition) is 4. The number of thiazole rings is 1. The minimum Gasteiger partial charge on any atom is -0.468 e. The van der Waals surface area contributed by atoms with Crippen LogP contribution in [-0.4, -0.2) is 59.3 Å². The predicted molar refractivity (Wildman–Crippen MR) is 87.6 cm³/mol. The van der Waals surface area contributed by atoms with E-state index in [1.165, 1.54) is 11.3 Å². The van der Waals surface area contributed by atoms with Gasteiger partial charge in [-0.15, -0.1) is 0 Å². The maximum atomic E-state index is 9.68. The number of aromatic nitrogens is 1. The van der Waals surface area contributed by atoms with Crippen molar-refractivity contribution in [2.75, 3.05) is 43.5 Å². The Labute approximate surface area is 132 Å². The average molecular weight is 327 g/mol. The molecule has 0 bridgehead atoms. The molecule has 5 N–H and O–H groups in total. The minimum absolute atomic E-state index is 0.0813. The summed E-state index contributed by atoms with van der Waals surface area (Å²) in [7, 11) is 0. The summed E-state index contributed by atoms with van der Waals surface area (Å²) in [6, 6.07) is 3.64. The van der Waals surface area contributed by atoms with E-state index in [0.717, 1.165) is 10.4 Å². The summed E-state index contributed by atoms with van der Waals surface area (Å²) >= 11 is 1.32. The minimum atomic E-state index is -0.823. The van der Waals surface area contributed by atoms with E-state index in [2.05, 4.69) is 4.98 Å². The lowest BCUT2D eigenvalue weighted by Gasteiger charge is -2.25. The second-order valence-electron chi connectivity index (χ2n) is 4.78. The molecule has 22 heavy (non-hydrogen) atoms. The summed E-state index contributed by atoms with van der Waals surface area (Å²) in [5, 5.41) is 28.0. The number of nitrogens with two attached hydrogens (primary N) is 1. The summed E-state index contributed by atoms with van der Waals surface area (Å²) in [6.45, 7) is 2.72. The van der Waals surface area contributed by atoms with Gasteiger partial charge in [0.2, 0.25) is 0 Å². The molecular weight excluding hydrogens is 306 g/mol. The van der Waals surface area contributed by atoms with Gasteiger partial charge in [-0.1, -0.05) is 11.3 Å². The average Bonchev–Trinajstić information content (AvgIpc) is 2.96. The van der Waals surface area contributed by atoms with Crippen molar-refractivity contribution in [3.05, 3.63) is 12.1 Å². The summed E-state index contributed by atoms with van der Waals surface area (Å²) in [5.74, 6) is 0. The summed E-state index contributed by atoms with van der Waals surface area (Å²) in [5.41, 5.74) is 8.13. The van der Waals surface area contributed by atoms with Crippen LogP contribution in [0.3, 0.4) is 0 Å². The molecule has 0 radical (unpaired) electrons. The van der Waals surface area contributed by atoms with Crippen molar-refractivity contribution in [3.8, 4) is 5.19 Å². The largest absolute Gasteiger partial charge is 0.468 e. The first-order chi connectivity index (χ1) is 10.6. The predicted octanol–water partition coefficient (Wildman–Crippen LogP) is 0.429. The van der Waals surface area contributed by atoms with E-state index in [0.29, 0.717) is 29.5 Å². The first-order valence-corrected chi connectivity index (χ1v) is 7.88. The smallest absolute Gasteiger partial charge is 0.274 e. The van der Waals surface area contributed by atoms with Crippen LogP contribution in [0.1, 0.15) is 6.92 Å². The summed E-state index contributed by atoms with van der Waals surface area (Å²) < 4.78 is 6.17. The van der Waals surface area contributed by atoms with E-state index in [1.807, 2.05) is 17.9 Å². The fourth-order valence-electron chi connectivity index (χ4n) is 2.15. The molecule has 1 aromatic heterocycles. The van der Waals surface area contributed by atoms with E-state index in [9.17, 15) is 5.11 Å². The van der Waals surface area contributed by atoms with Crippen molar-refractivity contribution < 1.29 is 20.1 Å². The number of hydrogen-bond acceptors (Lipinski definition) is 8. The number of anilines is 2. The van der Waals surface area contributed by atoms with Gasteiger partial charge in [0.05, 0.1) is 35.4 Å². The van der Waals surface area contributed by atoms with E-state index in [1.54, 1.807) is 6.07 Å². The van der Waals surface area contributed by atoms with Crippen LogP contribution in [0.15, 0.2) is 12.1 Å². The molecule has 0 amide bonds. The Balaban J connectivity index is 2.39. The van der Waals surface area contributed by atoms with E-state index in [-0.39, 0.29) is 19.8 Å². The third kappa shape index (κ3) is 3.58. The number of aliphatic hydroxyl groups excluding tert-OH is 3. The van der Waals surface area contributed by atoms with Gasteiger partial charge in [-0.25, -0.2) is 4.98 Å². The molecule has 0 aliphatic heterocycles. The Morgan fingerprint density at radius 1 is 1.41 bits per heavy atom. The molecule has 1 heterocycles. The van der Waals surface area contributed by atoms with Crippen LogP contribution < -0.4 is 15.4 Å². The highest BCUT2D eigenvalue weighted by Gasteiger charge is 2.17. The van der Waals surface area contributed by atoms with Gasteiger partial charge in [0.15, 0.2) is 0 Å². The van der Waals surface area contributed by atoms with Gasteiger partial charge in [0, 0.05) is 13.1 Å². The van der Waals surface area contributed by atoms with Crippen LogP contribution in [-0.2, 0) is 0 Å². The Morgan fingerprint density at radius 3 is 2.82 bits per heavy atom. The fourth-order valence-corrected chi connectivity index (χ4v) is 3.04. The molecule has 2 rings (SSSR count). The summed E-state index contributed by atoms with van der Waals surface area (Å²) in [6.07, 6.45) is -0.823. The Hall–Kier alpha value is -1.61. The van der Waals surface area contributed by atoms with Crippen molar-refractivity contribution in [1.82, 2.24) is 4.98 Å². The van der Waals surface area contributed by atoms with Crippen LogP contribution in [0.25, 0.3) is 10.2 Å². The quantitative estimate of drug-likeness (QED) is 0.520. The molecule has 122 valence electrons. The molecule has 2 aromatic rings. The first-order valence-electron chi connectivity index (χ1n) is 7.07. The molecule has 0 aliphatic carbocycles. The lowest BCUT2D eigenvalue weighted by molar-refractivity contribution is 0.100. The van der Waals surface area contributed by atoms with Gasteiger partial charge >= 0.3 is 0 Å². The molecule has 0 spiro atoms. The third-order valence-electron chi connectivity index (χ3n) is 3.21. The van der Waals surface area contributed by atoms with Crippen LogP contribution in [0, 0.1) is 0 Å². The van der Waals surface area contributed by atoms with Gasteiger partial charge in [0.1, 0.15) is 12.1 Å². The molecule has 1 atom stereocenters. The number of benzene rings is 1. The number of nitrogen functional groups attached to an aromatic ring is 1. The number of rotatable bonds is 8. The van der Waals surface area contributed by atoms with E-state index >= 15 is 0 Å². The van der Waals surface area contributed by atoms with Crippen molar-refractivity contribution in [1.29, 1.82) is 0 Å². The maximum Gasteiger partial charge on any atom is 0.274 e. The number of aliphatic hydroxyl groups is 3. The van der Waals surface area contributed by atoms with Crippen molar-refractivity contribution in [3.63, 3.8) is 0 Å². The Bertz CT molecular complexity index is 619. The van der Waals surface area contributed by atoms with Gasteiger partial charge in [-0.2, -0.15) is 0 Å². The maximum absolute atomic E-state index is 9.68. The zero-order valence-electron chi connectivity index (χ0n) is 12.4. The summed E-state index contributed by atoms with van der Waals surface area (Å²) in [4.78, 5) is 6.36. The Kier molecular flexibility index (Phi) is 5.78. The molecule has 1 unspecified atom stereocenters. The molecule has 8 heteroatoms. The first kappa shape index (κ1) is 16.8. The molecule has 1 aromatic carbocycles. The SMILES string of the molecule is CCN(CC(O)CO)c1ccc(N)c2sc(OCCO)nc12. The van der Waals surface area contributed by atoms with E-state index < -0.39 is 6.10 Å². The van der Waals surface area contributed by atoms with Crippen molar-refractivity contribution >= 4 is 32.9 Å². The molecule has 0 fully saturated rings. The highest BCUT2D eigenvalue weighted by Crippen LogP contribution is 2.37. The van der Waals surface area contributed by atoms with Crippen molar-refractivity contribution in [2.24, 2.45) is 0 Å². The molecule has 0 saturated carbocycles. The van der Waals surface area contributed by atoms with Crippen LogP contribution in [0.5, 0.6) is 5.19 Å². The third-order valence-corrected chi connectivity index (χ3v) is 4.23. The van der Waals surface area contributed by atoms with Crippen molar-refractivity contribution in [2.45, 2.75) is 13.0 Å². The van der Waals surface area contributed by atoms with E-state index in [4.69, 9.17) is 20.7 Å². The van der Waals surface area contributed by atoms with Crippen LogP contribution in [0.4, 0.5) is 11.4 Å².